The molecule has 0 aliphatic carbocycles. The first-order valence-electron chi connectivity index (χ1n) is 4.51. The summed E-state index contributed by atoms with van der Waals surface area (Å²) in [7, 11) is 0. The standard InChI is InChI=1S/C11H11NO2/c1-6-3-4-8-9(5-13)11(14)12-10(8)7(6)2/h3-5,9H,1-2H3,(H,12,14). The van der Waals surface area contributed by atoms with Gasteiger partial charge < -0.3 is 10.1 Å². The maximum Gasteiger partial charge on any atom is 0.239 e. The monoisotopic (exact) mass is 189 g/mol. The molecule has 1 atom stereocenters. The minimum atomic E-state index is -0.621. The topological polar surface area (TPSA) is 46.2 Å². The Bertz CT molecular complexity index is 424. The molecule has 3 heteroatoms. The van der Waals surface area contributed by atoms with E-state index in [9.17, 15) is 9.59 Å². The second kappa shape index (κ2) is 2.94. The number of hydrogen-bond donors (Lipinski definition) is 1. The van der Waals surface area contributed by atoms with Crippen molar-refractivity contribution < 1.29 is 9.59 Å². The Morgan fingerprint density at radius 1 is 1.36 bits per heavy atom. The molecule has 72 valence electrons. The van der Waals surface area contributed by atoms with E-state index in [2.05, 4.69) is 5.32 Å². The number of nitrogens with one attached hydrogen (secondary N) is 1. The van der Waals surface area contributed by atoms with Crippen molar-refractivity contribution in [3.05, 3.63) is 28.8 Å². The Morgan fingerprint density at radius 3 is 2.71 bits per heavy atom. The van der Waals surface area contributed by atoms with Gasteiger partial charge in [0.2, 0.25) is 5.91 Å². The quantitative estimate of drug-likeness (QED) is 0.538. The summed E-state index contributed by atoms with van der Waals surface area (Å²) in [5.41, 5.74) is 3.77. The summed E-state index contributed by atoms with van der Waals surface area (Å²) >= 11 is 0. The predicted octanol–water partition coefficient (Wildman–Crippen LogP) is 1.54. The fourth-order valence-corrected chi connectivity index (χ4v) is 1.74. The SMILES string of the molecule is Cc1ccc2c(c1C)NC(=O)C2C=O. The highest BCUT2D eigenvalue weighted by Crippen LogP contribution is 2.34. The number of aldehydes is 1. The molecule has 0 radical (unpaired) electrons. The van der Waals surface area contributed by atoms with Crippen LogP contribution in [0.15, 0.2) is 12.1 Å². The molecular weight excluding hydrogens is 178 g/mol. The van der Waals surface area contributed by atoms with E-state index in [4.69, 9.17) is 0 Å². The van der Waals surface area contributed by atoms with Crippen molar-refractivity contribution in [3.8, 4) is 0 Å². The van der Waals surface area contributed by atoms with Gasteiger partial charge >= 0.3 is 0 Å². The fraction of sp³-hybridized carbons (Fsp3) is 0.273. The molecule has 14 heavy (non-hydrogen) atoms. The van der Waals surface area contributed by atoms with E-state index in [0.717, 1.165) is 22.4 Å². The van der Waals surface area contributed by atoms with E-state index >= 15 is 0 Å². The lowest BCUT2D eigenvalue weighted by Gasteiger charge is -2.06. The molecule has 1 heterocycles. The third kappa shape index (κ3) is 1.05. The summed E-state index contributed by atoms with van der Waals surface area (Å²) in [6, 6.07) is 3.78. The molecule has 1 aromatic carbocycles. The average molecular weight is 189 g/mol. The minimum Gasteiger partial charge on any atom is -0.325 e. The molecule has 3 nitrogen and oxygen atoms in total. The molecule has 0 bridgehead atoms. The average Bonchev–Trinajstić information content (AvgIpc) is 2.49. The molecule has 1 amide bonds. The molecule has 0 spiro atoms. The van der Waals surface area contributed by atoms with E-state index in [1.807, 2.05) is 26.0 Å². The van der Waals surface area contributed by atoms with Gasteiger partial charge in [0, 0.05) is 5.69 Å². The summed E-state index contributed by atoms with van der Waals surface area (Å²) in [4.78, 5) is 22.1. The van der Waals surface area contributed by atoms with Crippen LogP contribution in [0.5, 0.6) is 0 Å². The van der Waals surface area contributed by atoms with Crippen LogP contribution in [0.25, 0.3) is 0 Å². The van der Waals surface area contributed by atoms with Crippen molar-refractivity contribution in [1.29, 1.82) is 0 Å². The summed E-state index contributed by atoms with van der Waals surface area (Å²) in [5.74, 6) is -0.840. The number of anilines is 1. The van der Waals surface area contributed by atoms with Crippen LogP contribution in [0.2, 0.25) is 0 Å². The third-order valence-electron chi connectivity index (χ3n) is 2.77. The van der Waals surface area contributed by atoms with Gasteiger partial charge in [0.15, 0.2) is 0 Å². The highest BCUT2D eigenvalue weighted by molar-refractivity contribution is 6.12. The first-order valence-corrected chi connectivity index (χ1v) is 4.51. The van der Waals surface area contributed by atoms with E-state index in [1.54, 1.807) is 0 Å². The Morgan fingerprint density at radius 2 is 2.07 bits per heavy atom. The van der Waals surface area contributed by atoms with Gasteiger partial charge in [-0.25, -0.2) is 0 Å². The van der Waals surface area contributed by atoms with E-state index in [0.29, 0.717) is 6.29 Å². The summed E-state index contributed by atoms with van der Waals surface area (Å²) in [6.07, 6.45) is 0.690. The van der Waals surface area contributed by atoms with E-state index in [-0.39, 0.29) is 5.91 Å². The molecule has 0 saturated heterocycles. The maximum atomic E-state index is 11.4. The lowest BCUT2D eigenvalue weighted by atomic mass is 9.98. The van der Waals surface area contributed by atoms with E-state index in [1.165, 1.54) is 0 Å². The van der Waals surface area contributed by atoms with Gasteiger partial charge in [-0.1, -0.05) is 12.1 Å². The van der Waals surface area contributed by atoms with Gasteiger partial charge in [-0.05, 0) is 30.5 Å². The molecule has 1 aliphatic heterocycles. The second-order valence-corrected chi connectivity index (χ2v) is 3.57. The number of aryl methyl sites for hydroxylation is 1. The van der Waals surface area contributed by atoms with Crippen LogP contribution in [0, 0.1) is 13.8 Å². The minimum absolute atomic E-state index is 0.219. The smallest absolute Gasteiger partial charge is 0.239 e. The molecule has 0 aromatic heterocycles. The first kappa shape index (κ1) is 8.94. The van der Waals surface area contributed by atoms with Crippen LogP contribution >= 0.6 is 0 Å². The van der Waals surface area contributed by atoms with Gasteiger partial charge in [-0.15, -0.1) is 0 Å². The van der Waals surface area contributed by atoms with Crippen molar-refractivity contribution in [2.75, 3.05) is 5.32 Å². The van der Waals surface area contributed by atoms with Gasteiger partial charge in [0.1, 0.15) is 12.2 Å². The maximum absolute atomic E-state index is 11.4. The normalized spacial score (nSPS) is 19.0. The van der Waals surface area contributed by atoms with Gasteiger partial charge in [0.25, 0.3) is 0 Å². The molecule has 2 rings (SSSR count). The first-order chi connectivity index (χ1) is 6.65. The third-order valence-corrected chi connectivity index (χ3v) is 2.77. The van der Waals surface area contributed by atoms with Crippen LogP contribution in [0.3, 0.4) is 0 Å². The van der Waals surface area contributed by atoms with Crippen molar-refractivity contribution in [1.82, 2.24) is 0 Å². The van der Waals surface area contributed by atoms with Crippen LogP contribution < -0.4 is 5.32 Å². The zero-order chi connectivity index (χ0) is 10.3. The van der Waals surface area contributed by atoms with Gasteiger partial charge in [-0.2, -0.15) is 0 Å². The molecule has 0 saturated carbocycles. The summed E-state index contributed by atoms with van der Waals surface area (Å²) < 4.78 is 0. The lowest BCUT2D eigenvalue weighted by Crippen LogP contribution is -2.12. The number of hydrogen-bond acceptors (Lipinski definition) is 2. The Kier molecular flexibility index (Phi) is 1.88. The number of benzene rings is 1. The Labute approximate surface area is 82.1 Å². The van der Waals surface area contributed by atoms with Crippen molar-refractivity contribution in [2.24, 2.45) is 0 Å². The van der Waals surface area contributed by atoms with Crippen molar-refractivity contribution in [2.45, 2.75) is 19.8 Å². The van der Waals surface area contributed by atoms with Crippen LogP contribution in [-0.4, -0.2) is 12.2 Å². The number of carbonyl (C=O) groups is 2. The largest absolute Gasteiger partial charge is 0.325 e. The van der Waals surface area contributed by atoms with Crippen LogP contribution in [0.1, 0.15) is 22.6 Å². The number of amides is 1. The molecular formula is C11H11NO2. The zero-order valence-corrected chi connectivity index (χ0v) is 8.13. The van der Waals surface area contributed by atoms with Crippen LogP contribution in [-0.2, 0) is 9.59 Å². The molecule has 0 fully saturated rings. The second-order valence-electron chi connectivity index (χ2n) is 3.57. The van der Waals surface area contributed by atoms with Crippen molar-refractivity contribution >= 4 is 17.9 Å². The van der Waals surface area contributed by atoms with Gasteiger partial charge in [-0.3, -0.25) is 4.79 Å². The fourth-order valence-electron chi connectivity index (χ4n) is 1.74. The molecule has 1 aromatic rings. The highest BCUT2D eigenvalue weighted by Gasteiger charge is 2.31. The highest BCUT2D eigenvalue weighted by atomic mass is 16.2. The number of fused-ring (bicyclic) bond motifs is 1. The van der Waals surface area contributed by atoms with E-state index < -0.39 is 5.92 Å². The predicted molar refractivity (Wildman–Crippen MR) is 53.4 cm³/mol. The van der Waals surface area contributed by atoms with Gasteiger partial charge in [0.05, 0.1) is 0 Å². The summed E-state index contributed by atoms with van der Waals surface area (Å²) in [6.45, 7) is 3.93. The Hall–Kier alpha value is -1.64. The molecule has 1 aliphatic rings. The zero-order valence-electron chi connectivity index (χ0n) is 8.13. The summed E-state index contributed by atoms with van der Waals surface area (Å²) in [5, 5.41) is 2.74. The number of carbonyl (C=O) groups excluding carboxylic acids is 2. The molecule has 1 unspecified atom stereocenters. The number of rotatable bonds is 1. The lowest BCUT2D eigenvalue weighted by molar-refractivity contribution is -0.121. The van der Waals surface area contributed by atoms with Crippen molar-refractivity contribution in [3.63, 3.8) is 0 Å². The molecule has 1 N–H and O–H groups in total. The van der Waals surface area contributed by atoms with Crippen LogP contribution in [0.4, 0.5) is 5.69 Å². The Balaban J connectivity index is 2.63.